The first-order chi connectivity index (χ1) is 7.18. The van der Waals surface area contributed by atoms with Crippen molar-refractivity contribution >= 4 is 0 Å². The molecule has 0 aromatic heterocycles. The van der Waals surface area contributed by atoms with Crippen molar-refractivity contribution in [3.8, 4) is 5.75 Å². The Morgan fingerprint density at radius 1 is 1.53 bits per heavy atom. The van der Waals surface area contributed by atoms with E-state index in [2.05, 4.69) is 12.2 Å². The first-order valence-corrected chi connectivity index (χ1v) is 5.38. The molecule has 0 bridgehead atoms. The Hall–Kier alpha value is -1.09. The summed E-state index contributed by atoms with van der Waals surface area (Å²) in [6, 6.07) is 5.08. The number of phenols is 1. The minimum Gasteiger partial charge on any atom is -0.505 e. The van der Waals surface area contributed by atoms with E-state index in [1.54, 1.807) is 12.1 Å². The van der Waals surface area contributed by atoms with E-state index < -0.39 is 5.82 Å². The van der Waals surface area contributed by atoms with Crippen LogP contribution >= 0.6 is 0 Å². The molecule has 0 radical (unpaired) electrons. The maximum atomic E-state index is 13.0. The molecule has 2 N–H and O–H groups in total. The minimum atomic E-state index is -0.548. The zero-order chi connectivity index (χ0) is 10.8. The fourth-order valence-electron chi connectivity index (χ4n) is 1.74. The van der Waals surface area contributed by atoms with Gasteiger partial charge in [0.05, 0.1) is 0 Å². The number of hydrogen-bond acceptors (Lipinski definition) is 2. The summed E-state index contributed by atoms with van der Waals surface area (Å²) in [7, 11) is 0. The normalized spacial score (nSPS) is 17.7. The molecular formula is C12H16FNO. The van der Waals surface area contributed by atoms with Gasteiger partial charge >= 0.3 is 0 Å². The summed E-state index contributed by atoms with van der Waals surface area (Å²) in [6.07, 6.45) is 2.56. The van der Waals surface area contributed by atoms with Gasteiger partial charge in [-0.1, -0.05) is 12.1 Å². The third kappa shape index (κ3) is 2.48. The number of rotatable bonds is 4. The standard InChI is InChI=1S/C12H16FNO/c1-8(9-5-6-9)14-7-10-3-2-4-11(13)12(10)15/h2-4,8-9,14-15H,5-7H2,1H3. The molecule has 2 rings (SSSR count). The molecule has 1 aromatic rings. The predicted octanol–water partition coefficient (Wildman–Crippen LogP) is 2.42. The van der Waals surface area contributed by atoms with Crippen LogP contribution in [0.2, 0.25) is 0 Å². The van der Waals surface area contributed by atoms with Gasteiger partial charge in [0.25, 0.3) is 0 Å². The van der Waals surface area contributed by atoms with Crippen molar-refractivity contribution in [1.29, 1.82) is 0 Å². The van der Waals surface area contributed by atoms with E-state index in [1.165, 1.54) is 18.9 Å². The molecule has 1 unspecified atom stereocenters. The van der Waals surface area contributed by atoms with Crippen molar-refractivity contribution in [2.75, 3.05) is 0 Å². The lowest BCUT2D eigenvalue weighted by atomic mass is 10.1. The second-order valence-electron chi connectivity index (χ2n) is 4.25. The van der Waals surface area contributed by atoms with Crippen LogP contribution in [0.25, 0.3) is 0 Å². The molecule has 1 aliphatic carbocycles. The Labute approximate surface area is 89.1 Å². The molecule has 0 heterocycles. The van der Waals surface area contributed by atoms with Gasteiger partial charge in [-0.05, 0) is 31.7 Å². The highest BCUT2D eigenvalue weighted by molar-refractivity contribution is 5.33. The summed E-state index contributed by atoms with van der Waals surface area (Å²) >= 11 is 0. The molecule has 1 aromatic carbocycles. The summed E-state index contributed by atoms with van der Waals surface area (Å²) in [5.41, 5.74) is 0.627. The van der Waals surface area contributed by atoms with Gasteiger partial charge in [0.1, 0.15) is 0 Å². The summed E-state index contributed by atoms with van der Waals surface area (Å²) in [5.74, 6) is -0.0120. The number of nitrogens with one attached hydrogen (secondary N) is 1. The number of aromatic hydroxyl groups is 1. The lowest BCUT2D eigenvalue weighted by molar-refractivity contribution is 0.417. The molecule has 0 aliphatic heterocycles. The molecule has 2 nitrogen and oxygen atoms in total. The van der Waals surface area contributed by atoms with Crippen molar-refractivity contribution < 1.29 is 9.50 Å². The van der Waals surface area contributed by atoms with Gasteiger partial charge in [-0.2, -0.15) is 0 Å². The Balaban J connectivity index is 1.95. The molecule has 0 amide bonds. The minimum absolute atomic E-state index is 0.229. The first kappa shape index (κ1) is 10.4. The van der Waals surface area contributed by atoms with Crippen molar-refractivity contribution in [3.05, 3.63) is 29.6 Å². The molecule has 1 aliphatic rings. The first-order valence-electron chi connectivity index (χ1n) is 5.38. The third-order valence-electron chi connectivity index (χ3n) is 3.01. The SMILES string of the molecule is CC(NCc1cccc(F)c1O)C1CC1. The average molecular weight is 209 g/mol. The average Bonchev–Trinajstić information content (AvgIpc) is 3.03. The van der Waals surface area contributed by atoms with E-state index in [0.717, 1.165) is 5.92 Å². The van der Waals surface area contributed by atoms with Crippen LogP contribution in [0.1, 0.15) is 25.3 Å². The molecule has 82 valence electrons. The fraction of sp³-hybridized carbons (Fsp3) is 0.500. The summed E-state index contributed by atoms with van der Waals surface area (Å²) in [6.45, 7) is 2.66. The van der Waals surface area contributed by atoms with Crippen molar-refractivity contribution in [2.45, 2.75) is 32.4 Å². The second-order valence-corrected chi connectivity index (χ2v) is 4.25. The maximum absolute atomic E-state index is 13.0. The zero-order valence-electron chi connectivity index (χ0n) is 8.83. The molecule has 0 saturated heterocycles. The van der Waals surface area contributed by atoms with Crippen LogP contribution in [0.15, 0.2) is 18.2 Å². The van der Waals surface area contributed by atoms with Gasteiger partial charge in [0, 0.05) is 18.2 Å². The lowest BCUT2D eigenvalue weighted by Crippen LogP contribution is -2.27. The molecular weight excluding hydrogens is 193 g/mol. The second kappa shape index (κ2) is 4.19. The van der Waals surface area contributed by atoms with Crippen molar-refractivity contribution in [3.63, 3.8) is 0 Å². The van der Waals surface area contributed by atoms with Gasteiger partial charge < -0.3 is 10.4 Å². The highest BCUT2D eigenvalue weighted by Crippen LogP contribution is 2.32. The van der Waals surface area contributed by atoms with E-state index in [4.69, 9.17) is 0 Å². The summed E-state index contributed by atoms with van der Waals surface area (Å²) < 4.78 is 13.0. The van der Waals surface area contributed by atoms with E-state index in [1.807, 2.05) is 0 Å². The van der Waals surface area contributed by atoms with E-state index in [-0.39, 0.29) is 5.75 Å². The van der Waals surface area contributed by atoms with Gasteiger partial charge in [-0.15, -0.1) is 0 Å². The number of hydrogen-bond donors (Lipinski definition) is 2. The summed E-state index contributed by atoms with van der Waals surface area (Å²) in [4.78, 5) is 0. The fourth-order valence-corrected chi connectivity index (χ4v) is 1.74. The van der Waals surface area contributed by atoms with Crippen LogP contribution in [0.3, 0.4) is 0 Å². The van der Waals surface area contributed by atoms with Crippen molar-refractivity contribution in [1.82, 2.24) is 5.32 Å². The van der Waals surface area contributed by atoms with Gasteiger partial charge in [-0.3, -0.25) is 0 Å². The molecule has 1 saturated carbocycles. The molecule has 1 atom stereocenters. The maximum Gasteiger partial charge on any atom is 0.165 e. The molecule has 1 fully saturated rings. The molecule has 0 spiro atoms. The Morgan fingerprint density at radius 3 is 2.93 bits per heavy atom. The lowest BCUT2D eigenvalue weighted by Gasteiger charge is -2.13. The van der Waals surface area contributed by atoms with Crippen LogP contribution in [0, 0.1) is 11.7 Å². The van der Waals surface area contributed by atoms with Gasteiger partial charge in [0.2, 0.25) is 0 Å². The number of benzene rings is 1. The van der Waals surface area contributed by atoms with E-state index in [9.17, 15) is 9.50 Å². The van der Waals surface area contributed by atoms with Crippen LogP contribution in [0.4, 0.5) is 4.39 Å². The van der Waals surface area contributed by atoms with Crippen LogP contribution in [-0.4, -0.2) is 11.1 Å². The predicted molar refractivity (Wildman–Crippen MR) is 57.1 cm³/mol. The number of halogens is 1. The topological polar surface area (TPSA) is 32.3 Å². The van der Waals surface area contributed by atoms with Gasteiger partial charge in [-0.25, -0.2) is 4.39 Å². The quantitative estimate of drug-likeness (QED) is 0.798. The van der Waals surface area contributed by atoms with Gasteiger partial charge in [0.15, 0.2) is 11.6 Å². The zero-order valence-corrected chi connectivity index (χ0v) is 8.83. The largest absolute Gasteiger partial charge is 0.505 e. The van der Waals surface area contributed by atoms with Crippen molar-refractivity contribution in [2.24, 2.45) is 5.92 Å². The third-order valence-corrected chi connectivity index (χ3v) is 3.01. The van der Waals surface area contributed by atoms with E-state index >= 15 is 0 Å². The Bertz CT molecular complexity index is 349. The van der Waals surface area contributed by atoms with Crippen LogP contribution in [0.5, 0.6) is 5.75 Å². The smallest absolute Gasteiger partial charge is 0.165 e. The molecule has 15 heavy (non-hydrogen) atoms. The highest BCUT2D eigenvalue weighted by Gasteiger charge is 2.27. The Kier molecular flexibility index (Phi) is 2.91. The monoisotopic (exact) mass is 209 g/mol. The summed E-state index contributed by atoms with van der Waals surface area (Å²) in [5, 5.41) is 12.8. The Morgan fingerprint density at radius 2 is 2.27 bits per heavy atom. The number of phenolic OH excluding ortho intramolecular Hbond substituents is 1. The molecule has 3 heteroatoms. The van der Waals surface area contributed by atoms with E-state index in [0.29, 0.717) is 18.2 Å². The van der Waals surface area contributed by atoms with Crippen LogP contribution < -0.4 is 5.32 Å². The number of para-hydroxylation sites is 1. The highest BCUT2D eigenvalue weighted by atomic mass is 19.1. The van der Waals surface area contributed by atoms with Crippen LogP contribution in [-0.2, 0) is 6.54 Å².